The molecule has 0 saturated heterocycles. The first-order chi connectivity index (χ1) is 19.3. The molecule has 0 aliphatic carbocycles. The van der Waals surface area contributed by atoms with E-state index in [4.69, 9.17) is 9.15 Å². The van der Waals surface area contributed by atoms with Gasteiger partial charge in [0.25, 0.3) is 25.2 Å². The van der Waals surface area contributed by atoms with Crippen LogP contribution in [0.4, 0.5) is 5.69 Å². The summed E-state index contributed by atoms with van der Waals surface area (Å²) >= 11 is 1.54. The molecule has 10 nitrogen and oxygen atoms in total. The van der Waals surface area contributed by atoms with E-state index in [-0.39, 0.29) is 18.7 Å². The third-order valence-electron chi connectivity index (χ3n) is 7.05. The van der Waals surface area contributed by atoms with Crippen molar-refractivity contribution in [1.82, 2.24) is 0 Å². The summed E-state index contributed by atoms with van der Waals surface area (Å²) in [6.07, 6.45) is 6.30. The molecule has 41 heavy (non-hydrogen) atoms. The van der Waals surface area contributed by atoms with Gasteiger partial charge in [-0.05, 0) is 67.3 Å². The van der Waals surface area contributed by atoms with Gasteiger partial charge in [0.1, 0.15) is 10.3 Å². The monoisotopic (exact) mass is 619 g/mol. The van der Waals surface area contributed by atoms with Crippen LogP contribution in [0.3, 0.4) is 0 Å². The van der Waals surface area contributed by atoms with Crippen molar-refractivity contribution in [2.75, 3.05) is 23.0 Å². The fraction of sp³-hybridized carbons (Fsp3) is 0.321. The lowest BCUT2D eigenvalue weighted by Crippen LogP contribution is -2.36. The van der Waals surface area contributed by atoms with Gasteiger partial charge in [0.05, 0.1) is 28.8 Å². The van der Waals surface area contributed by atoms with Gasteiger partial charge in [-0.2, -0.15) is 21.4 Å². The molecule has 13 heteroatoms. The van der Waals surface area contributed by atoms with Gasteiger partial charge < -0.3 is 14.1 Å². The number of hydrogen-bond donors (Lipinski definition) is 2. The maximum absolute atomic E-state index is 11.6. The number of aryl methyl sites for hydroxylation is 3. The third kappa shape index (κ3) is 6.49. The van der Waals surface area contributed by atoms with Gasteiger partial charge in [0.2, 0.25) is 11.4 Å². The van der Waals surface area contributed by atoms with Crippen molar-refractivity contribution >= 4 is 64.5 Å². The number of furan rings is 1. The number of nitrogens with zero attached hydrogens (tertiary/aromatic N) is 2. The predicted molar refractivity (Wildman–Crippen MR) is 159 cm³/mol. The van der Waals surface area contributed by atoms with E-state index < -0.39 is 26.0 Å². The zero-order valence-electron chi connectivity index (χ0n) is 22.8. The van der Waals surface area contributed by atoms with Gasteiger partial charge in [-0.1, -0.05) is 18.3 Å². The number of allylic oxidation sites excluding steroid dienone is 2. The molecule has 0 spiro atoms. The van der Waals surface area contributed by atoms with Crippen molar-refractivity contribution in [3.05, 3.63) is 70.3 Å². The number of fused-ring (bicyclic) bond motifs is 4. The summed E-state index contributed by atoms with van der Waals surface area (Å²) in [5, 5.41) is 1.77. The van der Waals surface area contributed by atoms with Crippen LogP contribution in [0.5, 0.6) is 5.75 Å². The average Bonchev–Trinajstić information content (AvgIpc) is 3.57. The van der Waals surface area contributed by atoms with Gasteiger partial charge in [0.15, 0.2) is 12.3 Å². The summed E-state index contributed by atoms with van der Waals surface area (Å²) in [7, 11) is -8.31. The van der Waals surface area contributed by atoms with Crippen molar-refractivity contribution in [3.8, 4) is 5.75 Å². The van der Waals surface area contributed by atoms with Crippen LogP contribution in [0.2, 0.25) is 0 Å². The van der Waals surface area contributed by atoms with E-state index in [1.807, 2.05) is 67.8 Å². The summed E-state index contributed by atoms with van der Waals surface area (Å²) in [5.41, 5.74) is 5.30. The van der Waals surface area contributed by atoms with E-state index in [0.717, 1.165) is 43.0 Å². The number of ether oxygens (including phenoxy) is 1. The van der Waals surface area contributed by atoms with Crippen molar-refractivity contribution in [2.45, 2.75) is 40.2 Å². The predicted octanol–water partition coefficient (Wildman–Crippen LogP) is 5.25. The SMILES string of the molecule is CCC(/C=C1\Oc2cc(C)c(C)cc2N1CCS(=O)(=O)O)=C\c1sc2ccc3occc3c2[n+]1CCCS(=O)(=O)O. The highest BCUT2D eigenvalue weighted by Gasteiger charge is 2.29. The van der Waals surface area contributed by atoms with Crippen LogP contribution >= 0.6 is 11.3 Å². The summed E-state index contributed by atoms with van der Waals surface area (Å²) in [5.74, 6) is 0.226. The van der Waals surface area contributed by atoms with Crippen molar-refractivity contribution in [2.24, 2.45) is 0 Å². The zero-order chi connectivity index (χ0) is 29.5. The first kappa shape index (κ1) is 29.3. The molecule has 2 aromatic carbocycles. The Hall–Kier alpha value is -3.23. The minimum Gasteiger partial charge on any atom is -0.464 e. The Morgan fingerprint density at radius 1 is 1.05 bits per heavy atom. The largest absolute Gasteiger partial charge is 0.464 e. The maximum atomic E-state index is 11.6. The van der Waals surface area contributed by atoms with Gasteiger partial charge in [0, 0.05) is 25.1 Å². The van der Waals surface area contributed by atoms with Gasteiger partial charge in [-0.25, -0.2) is 0 Å². The molecular formula is C28H31N2O8S3+. The number of aromatic nitrogens is 1. The van der Waals surface area contributed by atoms with E-state index in [9.17, 15) is 25.9 Å². The number of hydrogen-bond acceptors (Lipinski definition) is 8. The number of thiazole rings is 1. The van der Waals surface area contributed by atoms with E-state index in [2.05, 4.69) is 0 Å². The molecule has 0 fully saturated rings. The lowest BCUT2D eigenvalue weighted by Gasteiger charge is -2.18. The summed E-state index contributed by atoms with van der Waals surface area (Å²) < 4.78 is 79.5. The Kier molecular flexibility index (Phi) is 8.01. The topological polar surface area (TPSA) is 138 Å². The molecule has 0 amide bonds. The van der Waals surface area contributed by atoms with Crippen LogP contribution in [0.25, 0.3) is 27.3 Å². The van der Waals surface area contributed by atoms with Crippen LogP contribution in [-0.2, 0) is 26.8 Å². The number of rotatable bonds is 10. The molecule has 0 radical (unpaired) electrons. The molecule has 1 aliphatic rings. The lowest BCUT2D eigenvalue weighted by molar-refractivity contribution is -0.667. The first-order valence-electron chi connectivity index (χ1n) is 13.0. The highest BCUT2D eigenvalue weighted by Crippen LogP contribution is 2.41. The van der Waals surface area contributed by atoms with E-state index >= 15 is 0 Å². The molecule has 5 rings (SSSR count). The summed E-state index contributed by atoms with van der Waals surface area (Å²) in [6.45, 7) is 6.29. The molecule has 4 aromatic rings. The highest BCUT2D eigenvalue weighted by atomic mass is 32.2. The lowest BCUT2D eigenvalue weighted by atomic mass is 10.1. The average molecular weight is 620 g/mol. The Bertz CT molecular complexity index is 1920. The molecule has 0 unspecified atom stereocenters. The van der Waals surface area contributed by atoms with Crippen molar-refractivity contribution < 1.29 is 39.7 Å². The van der Waals surface area contributed by atoms with Crippen molar-refractivity contribution in [3.63, 3.8) is 0 Å². The molecule has 2 aromatic heterocycles. The van der Waals surface area contributed by atoms with Gasteiger partial charge >= 0.3 is 0 Å². The molecule has 0 bridgehead atoms. The summed E-state index contributed by atoms with van der Waals surface area (Å²) in [6, 6.07) is 9.59. The highest BCUT2D eigenvalue weighted by molar-refractivity contribution is 7.86. The third-order valence-corrected chi connectivity index (χ3v) is 9.65. The fourth-order valence-corrected chi connectivity index (χ4v) is 6.93. The molecule has 0 saturated carbocycles. The molecule has 0 atom stereocenters. The van der Waals surface area contributed by atoms with E-state index in [1.165, 1.54) is 0 Å². The normalized spacial score (nSPS) is 15.3. The second-order valence-electron chi connectivity index (χ2n) is 9.98. The molecule has 218 valence electrons. The van der Waals surface area contributed by atoms with E-state index in [0.29, 0.717) is 30.2 Å². The Labute approximate surface area is 242 Å². The van der Waals surface area contributed by atoms with Crippen LogP contribution in [0, 0.1) is 13.8 Å². The maximum Gasteiger partial charge on any atom is 0.266 e. The number of benzene rings is 2. The fourth-order valence-electron chi connectivity index (χ4n) is 4.84. The second-order valence-corrected chi connectivity index (χ2v) is 14.2. The van der Waals surface area contributed by atoms with Gasteiger partial charge in [-0.15, -0.1) is 0 Å². The number of anilines is 1. The van der Waals surface area contributed by atoms with Gasteiger partial charge in [-0.3, -0.25) is 9.11 Å². The van der Waals surface area contributed by atoms with Crippen LogP contribution in [0.15, 0.2) is 58.5 Å². The Morgan fingerprint density at radius 3 is 2.49 bits per heavy atom. The van der Waals surface area contributed by atoms with Crippen molar-refractivity contribution in [1.29, 1.82) is 0 Å². The zero-order valence-corrected chi connectivity index (χ0v) is 25.3. The molecule has 2 N–H and O–H groups in total. The van der Waals surface area contributed by atoms with Crippen LogP contribution < -0.4 is 14.2 Å². The standard InChI is InChI=1S/C28H30N2O8S3/c1-4-20(16-26-29(10-13-41(34,35)36)22-14-18(2)19(3)15-24(22)38-26)17-27-30(9-5-12-40(31,32)33)28-21-8-11-37-23(21)6-7-25(28)39-27/h6-8,11,14-17H,4-5,9-10,12-13H2,1-3H3,(H-,31,32,33,34,35,36)/p+1. The van der Waals surface area contributed by atoms with Crippen LogP contribution in [-0.4, -0.2) is 44.0 Å². The molecular weight excluding hydrogens is 589 g/mol. The second kappa shape index (κ2) is 11.2. The smallest absolute Gasteiger partial charge is 0.266 e. The molecule has 1 aliphatic heterocycles. The first-order valence-corrected chi connectivity index (χ1v) is 17.1. The Balaban J connectivity index is 1.58. The summed E-state index contributed by atoms with van der Waals surface area (Å²) in [4.78, 5) is 1.75. The van der Waals surface area contributed by atoms with Crippen LogP contribution in [0.1, 0.15) is 35.9 Å². The minimum atomic E-state index is -4.20. The molecule has 3 heterocycles. The van der Waals surface area contributed by atoms with E-state index in [1.54, 1.807) is 22.5 Å². The minimum absolute atomic E-state index is 0.00809. The quantitative estimate of drug-likeness (QED) is 0.180. The Morgan fingerprint density at radius 2 is 1.78 bits per heavy atom.